The number of sulfonamides is 1. The molecule has 0 aliphatic rings. The third-order valence-corrected chi connectivity index (χ3v) is 7.53. The van der Waals surface area contributed by atoms with Crippen molar-refractivity contribution in [2.24, 2.45) is 0 Å². The molecule has 2 N–H and O–H groups in total. The van der Waals surface area contributed by atoms with Gasteiger partial charge in [-0.05, 0) is 61.7 Å². The van der Waals surface area contributed by atoms with Gasteiger partial charge in [-0.3, -0.25) is 4.57 Å². The number of rotatable bonds is 7. The van der Waals surface area contributed by atoms with Gasteiger partial charge in [0.15, 0.2) is 5.65 Å². The van der Waals surface area contributed by atoms with E-state index in [4.69, 9.17) is 9.97 Å². The lowest BCUT2D eigenvalue weighted by atomic mass is 10.1. The van der Waals surface area contributed by atoms with Crippen LogP contribution in [-0.4, -0.2) is 35.5 Å². The van der Waals surface area contributed by atoms with E-state index in [1.807, 2.05) is 48.9 Å². The first-order valence-electron chi connectivity index (χ1n) is 11.2. The number of nitrogens with zero attached hydrogens (tertiary/aromatic N) is 3. The quantitative estimate of drug-likeness (QED) is 0.325. The number of benzene rings is 2. The second kappa shape index (κ2) is 10.1. The van der Waals surface area contributed by atoms with Crippen LogP contribution in [0.4, 0.5) is 4.79 Å². The van der Waals surface area contributed by atoms with E-state index in [9.17, 15) is 13.2 Å². The maximum atomic E-state index is 12.4. The number of hydrogen-bond acceptors (Lipinski definition) is 6. The predicted octanol–water partition coefficient (Wildman–Crippen LogP) is 4.12. The topological polar surface area (TPSA) is 106 Å². The van der Waals surface area contributed by atoms with Crippen LogP contribution in [0, 0.1) is 13.8 Å². The highest BCUT2D eigenvalue weighted by atomic mass is 32.2. The number of fused-ring (bicyclic) bond motifs is 1. The molecular weight excluding hydrogens is 482 g/mol. The Bertz CT molecular complexity index is 1500. The molecule has 2 aromatic carbocycles. The third-order valence-electron chi connectivity index (χ3n) is 5.60. The van der Waals surface area contributed by atoms with Crippen LogP contribution in [0.15, 0.2) is 64.4 Å². The highest BCUT2D eigenvalue weighted by Crippen LogP contribution is 2.24. The van der Waals surface area contributed by atoms with Gasteiger partial charge in [-0.1, -0.05) is 31.2 Å². The first kappa shape index (κ1) is 24.7. The summed E-state index contributed by atoms with van der Waals surface area (Å²) in [6.07, 6.45) is 1.31. The Balaban J connectivity index is 1.42. The molecule has 2 heterocycles. The molecule has 0 spiro atoms. The standard InChI is InChI=1S/C25H27N5O3S2/c1-4-22-28-23-16(2)15-17(3)27-24(23)30(22)19-11-9-18(10-12-19)13-14-26-25(31)29-35(32,33)21-8-6-5-7-20(21)34/h5-12,15,34H,4,13-14H2,1-3H3,(H2,26,29,31). The summed E-state index contributed by atoms with van der Waals surface area (Å²) in [5.74, 6) is 0.941. The van der Waals surface area contributed by atoms with Crippen molar-refractivity contribution in [1.82, 2.24) is 24.6 Å². The number of aryl methyl sites for hydroxylation is 3. The van der Waals surface area contributed by atoms with Crippen LogP contribution in [0.2, 0.25) is 0 Å². The van der Waals surface area contributed by atoms with Crippen LogP contribution < -0.4 is 10.0 Å². The number of thiol groups is 1. The molecule has 0 saturated heterocycles. The smallest absolute Gasteiger partial charge is 0.328 e. The maximum Gasteiger partial charge on any atom is 0.328 e. The fraction of sp³-hybridized carbons (Fsp3) is 0.240. The first-order valence-corrected chi connectivity index (χ1v) is 13.2. The van der Waals surface area contributed by atoms with Crippen LogP contribution in [-0.2, 0) is 22.9 Å². The summed E-state index contributed by atoms with van der Waals surface area (Å²) in [6, 6.07) is 15.4. The molecule has 0 aliphatic heterocycles. The minimum absolute atomic E-state index is 0.0487. The lowest BCUT2D eigenvalue weighted by molar-refractivity contribution is 0.246. The van der Waals surface area contributed by atoms with Gasteiger partial charge in [-0.2, -0.15) is 0 Å². The van der Waals surface area contributed by atoms with E-state index in [-0.39, 0.29) is 16.3 Å². The Morgan fingerprint density at radius 2 is 1.77 bits per heavy atom. The fourth-order valence-electron chi connectivity index (χ4n) is 3.94. The third kappa shape index (κ3) is 5.33. The molecule has 0 radical (unpaired) electrons. The van der Waals surface area contributed by atoms with Crippen molar-refractivity contribution in [3.63, 3.8) is 0 Å². The number of urea groups is 1. The van der Waals surface area contributed by atoms with Crippen molar-refractivity contribution in [3.05, 3.63) is 77.2 Å². The molecule has 0 aliphatic carbocycles. The molecule has 0 unspecified atom stereocenters. The maximum absolute atomic E-state index is 12.4. The summed E-state index contributed by atoms with van der Waals surface area (Å²) in [4.78, 5) is 21.9. The lowest BCUT2D eigenvalue weighted by Crippen LogP contribution is -2.40. The Morgan fingerprint density at radius 3 is 2.46 bits per heavy atom. The fourth-order valence-corrected chi connectivity index (χ4v) is 5.49. The van der Waals surface area contributed by atoms with Crippen molar-refractivity contribution >= 4 is 39.8 Å². The zero-order valence-corrected chi connectivity index (χ0v) is 21.5. The zero-order chi connectivity index (χ0) is 25.2. The Labute approximate surface area is 210 Å². The normalized spacial score (nSPS) is 11.5. The van der Waals surface area contributed by atoms with Crippen molar-refractivity contribution in [2.75, 3.05) is 6.54 Å². The minimum Gasteiger partial charge on any atom is -0.337 e. The van der Waals surface area contributed by atoms with E-state index in [1.54, 1.807) is 18.2 Å². The Kier molecular flexibility index (Phi) is 7.13. The van der Waals surface area contributed by atoms with Crippen molar-refractivity contribution in [1.29, 1.82) is 0 Å². The van der Waals surface area contributed by atoms with Gasteiger partial charge in [0.2, 0.25) is 0 Å². The molecule has 4 rings (SSSR count). The van der Waals surface area contributed by atoms with Crippen molar-refractivity contribution in [3.8, 4) is 5.69 Å². The number of nitrogens with one attached hydrogen (secondary N) is 2. The van der Waals surface area contributed by atoms with E-state index in [1.165, 1.54) is 6.07 Å². The molecule has 0 atom stereocenters. The Hall–Kier alpha value is -3.37. The second-order valence-corrected chi connectivity index (χ2v) is 10.3. The largest absolute Gasteiger partial charge is 0.337 e. The second-order valence-electron chi connectivity index (χ2n) is 8.22. The van der Waals surface area contributed by atoms with Crippen molar-refractivity contribution in [2.45, 2.75) is 43.4 Å². The summed E-state index contributed by atoms with van der Waals surface area (Å²) in [6.45, 7) is 6.37. The number of imidazole rings is 1. The molecule has 0 fully saturated rings. The predicted molar refractivity (Wildman–Crippen MR) is 139 cm³/mol. The average molecular weight is 510 g/mol. The minimum atomic E-state index is -4.00. The van der Waals surface area contributed by atoms with Crippen LogP contribution in [0.25, 0.3) is 16.9 Å². The van der Waals surface area contributed by atoms with Crippen LogP contribution in [0.3, 0.4) is 0 Å². The molecule has 8 nitrogen and oxygen atoms in total. The molecule has 10 heteroatoms. The van der Waals surface area contributed by atoms with E-state index in [0.29, 0.717) is 6.42 Å². The van der Waals surface area contributed by atoms with Gasteiger partial charge in [0.05, 0.1) is 0 Å². The molecule has 0 saturated carbocycles. The number of amides is 2. The monoisotopic (exact) mass is 509 g/mol. The summed E-state index contributed by atoms with van der Waals surface area (Å²) < 4.78 is 28.9. The number of carbonyl (C=O) groups is 1. The van der Waals surface area contributed by atoms with E-state index < -0.39 is 16.1 Å². The highest BCUT2D eigenvalue weighted by molar-refractivity contribution is 7.91. The van der Waals surface area contributed by atoms with Crippen LogP contribution >= 0.6 is 12.6 Å². The number of aromatic nitrogens is 3. The van der Waals surface area contributed by atoms with Gasteiger partial charge < -0.3 is 5.32 Å². The van der Waals surface area contributed by atoms with E-state index in [2.05, 4.69) is 29.4 Å². The molecule has 2 aromatic heterocycles. The molecule has 4 aromatic rings. The van der Waals surface area contributed by atoms with Gasteiger partial charge in [-0.15, -0.1) is 12.6 Å². The number of pyridine rings is 1. The summed E-state index contributed by atoms with van der Waals surface area (Å²) in [7, 11) is -4.00. The van der Waals surface area contributed by atoms with Gasteiger partial charge in [0, 0.05) is 29.2 Å². The summed E-state index contributed by atoms with van der Waals surface area (Å²) in [5, 5.41) is 2.59. The average Bonchev–Trinajstić information content (AvgIpc) is 3.18. The molecule has 182 valence electrons. The number of carbonyl (C=O) groups excluding carboxylic acids is 1. The zero-order valence-electron chi connectivity index (χ0n) is 19.7. The first-order chi connectivity index (χ1) is 16.7. The van der Waals surface area contributed by atoms with E-state index in [0.717, 1.165) is 45.9 Å². The van der Waals surface area contributed by atoms with Crippen LogP contribution in [0.1, 0.15) is 29.6 Å². The molecule has 35 heavy (non-hydrogen) atoms. The number of hydrogen-bond donors (Lipinski definition) is 3. The van der Waals surface area contributed by atoms with E-state index >= 15 is 0 Å². The molecule has 0 bridgehead atoms. The summed E-state index contributed by atoms with van der Waals surface area (Å²) >= 11 is 4.14. The SMILES string of the molecule is CCc1nc2c(C)cc(C)nc2n1-c1ccc(CCNC(=O)NS(=O)(=O)c2ccccc2S)cc1. The van der Waals surface area contributed by atoms with Gasteiger partial charge in [-0.25, -0.2) is 27.9 Å². The summed E-state index contributed by atoms with van der Waals surface area (Å²) in [5.41, 5.74) is 5.76. The van der Waals surface area contributed by atoms with Crippen molar-refractivity contribution < 1.29 is 13.2 Å². The Morgan fingerprint density at radius 1 is 1.06 bits per heavy atom. The molecule has 2 amide bonds. The van der Waals surface area contributed by atoms with Gasteiger partial charge in [0.1, 0.15) is 16.2 Å². The van der Waals surface area contributed by atoms with Gasteiger partial charge in [0.25, 0.3) is 10.0 Å². The van der Waals surface area contributed by atoms with Gasteiger partial charge >= 0.3 is 6.03 Å². The highest BCUT2D eigenvalue weighted by Gasteiger charge is 2.19. The lowest BCUT2D eigenvalue weighted by Gasteiger charge is -2.11. The molecular formula is C25H27N5O3S2. The van der Waals surface area contributed by atoms with Crippen LogP contribution in [0.5, 0.6) is 0 Å².